The number of hydrogen-bond donors (Lipinski definition) is 1. The molecule has 8 atom stereocenters. The van der Waals surface area contributed by atoms with Crippen LogP contribution in [0.3, 0.4) is 0 Å². The monoisotopic (exact) mass is 753 g/mol. The van der Waals surface area contributed by atoms with Gasteiger partial charge in [-0.3, -0.25) is 19.2 Å². The summed E-state index contributed by atoms with van der Waals surface area (Å²) in [7, 11) is 1.68. The first-order valence-electron chi connectivity index (χ1n) is 18.5. The first-order chi connectivity index (χ1) is 26.1. The van der Waals surface area contributed by atoms with Crippen molar-refractivity contribution in [2.24, 2.45) is 11.8 Å². The predicted molar refractivity (Wildman–Crippen MR) is 206 cm³/mol. The highest BCUT2D eigenvalue weighted by Gasteiger charge is 2.75. The summed E-state index contributed by atoms with van der Waals surface area (Å²) >= 11 is 6.20. The molecule has 11 heteroatoms. The molecule has 3 amide bonds. The summed E-state index contributed by atoms with van der Waals surface area (Å²) in [4.78, 5) is 62.3. The maximum atomic E-state index is 15.0. The molecule has 0 aliphatic carbocycles. The van der Waals surface area contributed by atoms with Gasteiger partial charge in [0.2, 0.25) is 11.8 Å². The number of aliphatic hydroxyl groups excluding tert-OH is 1. The summed E-state index contributed by atoms with van der Waals surface area (Å²) in [5, 5.41) is 11.4. The van der Waals surface area contributed by atoms with Gasteiger partial charge in [-0.05, 0) is 68.0 Å². The van der Waals surface area contributed by atoms with E-state index in [1.165, 1.54) is 9.80 Å². The largest absolute Gasteiger partial charge is 0.455 e. The van der Waals surface area contributed by atoms with E-state index >= 15 is 4.79 Å². The summed E-state index contributed by atoms with van der Waals surface area (Å²) in [5.74, 6) is -3.68. The number of nitrogens with zero attached hydrogens (tertiary/aromatic N) is 3. The minimum atomic E-state index is -1.36. The number of ether oxygens (including phenoxy) is 2. The van der Waals surface area contributed by atoms with Crippen LogP contribution in [0.25, 0.3) is 0 Å². The third-order valence-corrected chi connectivity index (χ3v) is 11.5. The van der Waals surface area contributed by atoms with Gasteiger partial charge in [0.25, 0.3) is 5.91 Å². The molecule has 3 aromatic rings. The number of aliphatic hydroxyl groups is 1. The third-order valence-electron chi connectivity index (χ3n) is 11.3. The SMILES string of the molecule is C=CCCC(=O)N(C)[C@H](C)[C@H](OC(=O)[C@@H]1[C@@H]2CC[C@]3(O2)[C@H](C(=O)N(CC=C)c2ccc(Cl)cc2)N([C@@H](CO)Cc2ccccc2)C(=O)[C@@H]13)c1ccccc1. The van der Waals surface area contributed by atoms with E-state index in [4.69, 9.17) is 21.1 Å². The first-order valence-corrected chi connectivity index (χ1v) is 18.9. The summed E-state index contributed by atoms with van der Waals surface area (Å²) in [6, 6.07) is 23.0. The zero-order chi connectivity index (χ0) is 38.6. The lowest BCUT2D eigenvalue weighted by atomic mass is 9.70. The summed E-state index contributed by atoms with van der Waals surface area (Å²) < 4.78 is 13.1. The van der Waals surface area contributed by atoms with Crippen molar-refractivity contribution >= 4 is 41.0 Å². The van der Waals surface area contributed by atoms with E-state index in [2.05, 4.69) is 13.2 Å². The second kappa shape index (κ2) is 16.7. The second-order valence-electron chi connectivity index (χ2n) is 14.4. The van der Waals surface area contributed by atoms with Crippen LogP contribution < -0.4 is 4.90 Å². The minimum Gasteiger partial charge on any atom is -0.455 e. The van der Waals surface area contributed by atoms with Crippen LogP contribution in [0, 0.1) is 11.8 Å². The maximum absolute atomic E-state index is 15.0. The normalized spacial score (nSPS) is 24.3. The van der Waals surface area contributed by atoms with Crippen LogP contribution >= 0.6 is 11.6 Å². The fourth-order valence-electron chi connectivity index (χ4n) is 8.51. The fourth-order valence-corrected chi connectivity index (χ4v) is 8.64. The molecule has 3 aliphatic rings. The van der Waals surface area contributed by atoms with Gasteiger partial charge in [0, 0.05) is 30.7 Å². The van der Waals surface area contributed by atoms with Crippen molar-refractivity contribution in [2.75, 3.05) is 25.1 Å². The van der Waals surface area contributed by atoms with E-state index < -0.39 is 72.2 Å². The van der Waals surface area contributed by atoms with Crippen LogP contribution in [0.15, 0.2) is 110 Å². The molecule has 3 aliphatic heterocycles. The minimum absolute atomic E-state index is 0.122. The average Bonchev–Trinajstić information content (AvgIpc) is 3.84. The maximum Gasteiger partial charge on any atom is 0.313 e. The lowest BCUT2D eigenvalue weighted by molar-refractivity contribution is -0.165. The number of rotatable bonds is 16. The molecular weight excluding hydrogens is 706 g/mol. The Balaban J connectivity index is 1.38. The molecule has 0 saturated carbocycles. The van der Waals surface area contributed by atoms with Gasteiger partial charge in [-0.2, -0.15) is 0 Å². The van der Waals surface area contributed by atoms with Crippen molar-refractivity contribution in [3.63, 3.8) is 0 Å². The number of amides is 3. The number of hydrogen-bond acceptors (Lipinski definition) is 7. The van der Waals surface area contributed by atoms with Gasteiger partial charge in [-0.15, -0.1) is 13.2 Å². The van der Waals surface area contributed by atoms with Gasteiger partial charge >= 0.3 is 5.97 Å². The van der Waals surface area contributed by atoms with Crippen molar-refractivity contribution < 1.29 is 33.8 Å². The molecule has 3 aromatic carbocycles. The van der Waals surface area contributed by atoms with Crippen molar-refractivity contribution in [3.05, 3.63) is 126 Å². The first kappa shape index (κ1) is 38.9. The smallest absolute Gasteiger partial charge is 0.313 e. The Morgan fingerprint density at radius 3 is 2.33 bits per heavy atom. The topological polar surface area (TPSA) is 117 Å². The number of likely N-dealkylation sites (tertiary alicyclic amines) is 1. The highest BCUT2D eigenvalue weighted by atomic mass is 35.5. The number of esters is 1. The number of anilines is 1. The molecule has 2 bridgehead atoms. The predicted octanol–water partition coefficient (Wildman–Crippen LogP) is 5.93. The molecule has 0 aromatic heterocycles. The number of carbonyl (C=O) groups is 4. The van der Waals surface area contributed by atoms with Crippen molar-refractivity contribution in [3.8, 4) is 0 Å². The van der Waals surface area contributed by atoms with Gasteiger partial charge in [-0.25, -0.2) is 0 Å². The Kier molecular flexibility index (Phi) is 12.1. The lowest BCUT2D eigenvalue weighted by Gasteiger charge is -2.39. The highest BCUT2D eigenvalue weighted by Crippen LogP contribution is 2.59. The van der Waals surface area contributed by atoms with Gasteiger partial charge in [0.05, 0.1) is 36.6 Å². The Labute approximate surface area is 322 Å². The van der Waals surface area contributed by atoms with Crippen LogP contribution in [0.5, 0.6) is 0 Å². The van der Waals surface area contributed by atoms with Crippen molar-refractivity contribution in [1.82, 2.24) is 9.80 Å². The third kappa shape index (κ3) is 7.34. The zero-order valence-electron chi connectivity index (χ0n) is 30.8. The van der Waals surface area contributed by atoms with Gasteiger partial charge in [-0.1, -0.05) is 84.4 Å². The Morgan fingerprint density at radius 1 is 1.04 bits per heavy atom. The number of likely N-dealkylation sites (N-methyl/N-ethyl adjacent to an activating group) is 1. The molecule has 1 N–H and O–H groups in total. The molecule has 3 saturated heterocycles. The fraction of sp³-hybridized carbons (Fsp3) is 0.395. The number of benzene rings is 3. The number of carbonyl (C=O) groups excluding carboxylic acids is 4. The molecule has 6 rings (SSSR count). The summed E-state index contributed by atoms with van der Waals surface area (Å²) in [5.41, 5.74) is 0.761. The quantitative estimate of drug-likeness (QED) is 0.142. The van der Waals surface area contributed by atoms with Gasteiger partial charge < -0.3 is 29.3 Å². The molecule has 10 nitrogen and oxygen atoms in total. The van der Waals surface area contributed by atoms with Crippen molar-refractivity contribution in [2.45, 2.75) is 75.0 Å². The standard InChI is InChI=1S/C43H48ClN3O7/c1-5-7-18-35(49)45(4)28(3)38(30-16-12-9-13-17-30)53-42(52)36-34-23-24-43(54-34)37(36)40(50)47(33(27-48)26-29-14-10-8-11-15-29)39(43)41(51)46(25-6-2)32-21-19-31(44)20-22-32/h5-6,8-17,19-22,28,33-34,36-39,48H,1-2,7,18,23-27H2,3-4H3/t28-,33-,34+,36-,37-,38+,39+,43-/m1/s1. The Bertz CT molecular complexity index is 1840. The molecule has 0 unspecified atom stereocenters. The molecule has 1 spiro atoms. The molecule has 284 valence electrons. The number of fused-ring (bicyclic) bond motifs is 1. The average molecular weight is 754 g/mol. The highest BCUT2D eigenvalue weighted by molar-refractivity contribution is 6.30. The van der Waals surface area contributed by atoms with Crippen LogP contribution in [0.2, 0.25) is 5.02 Å². The van der Waals surface area contributed by atoms with Crippen LogP contribution in [0.1, 0.15) is 49.8 Å². The molecule has 3 heterocycles. The van der Waals surface area contributed by atoms with E-state index in [0.29, 0.717) is 35.5 Å². The van der Waals surface area contributed by atoms with E-state index in [0.717, 1.165) is 5.56 Å². The summed E-state index contributed by atoms with van der Waals surface area (Å²) in [6.45, 7) is 9.14. The van der Waals surface area contributed by atoms with Crippen molar-refractivity contribution in [1.29, 1.82) is 0 Å². The Hall–Kier alpha value is -4.77. The zero-order valence-corrected chi connectivity index (χ0v) is 31.5. The van der Waals surface area contributed by atoms with Gasteiger partial charge in [0.1, 0.15) is 17.7 Å². The van der Waals surface area contributed by atoms with Crippen LogP contribution in [0.4, 0.5) is 5.69 Å². The second-order valence-corrected chi connectivity index (χ2v) is 14.8. The van der Waals surface area contributed by atoms with E-state index in [9.17, 15) is 19.5 Å². The van der Waals surface area contributed by atoms with E-state index in [1.54, 1.807) is 48.4 Å². The molecule has 54 heavy (non-hydrogen) atoms. The Morgan fingerprint density at radius 2 is 1.70 bits per heavy atom. The van der Waals surface area contributed by atoms with E-state index in [1.807, 2.05) is 67.6 Å². The van der Waals surface area contributed by atoms with Crippen LogP contribution in [-0.4, -0.2) is 88.6 Å². The molecule has 3 fully saturated rings. The number of allylic oxidation sites excluding steroid dienone is 1. The molecular formula is C43H48ClN3O7. The molecule has 0 radical (unpaired) electrons. The lowest BCUT2D eigenvalue weighted by Crippen LogP contribution is -2.59. The number of halogens is 1. The van der Waals surface area contributed by atoms with Gasteiger partial charge in [0.15, 0.2) is 0 Å². The van der Waals surface area contributed by atoms with Crippen LogP contribution in [-0.2, 0) is 35.1 Å². The summed E-state index contributed by atoms with van der Waals surface area (Å²) in [6.07, 6.45) is 3.59. The van der Waals surface area contributed by atoms with E-state index in [-0.39, 0.29) is 25.3 Å².